The van der Waals surface area contributed by atoms with Crippen molar-refractivity contribution in [1.82, 2.24) is 0 Å². The van der Waals surface area contributed by atoms with Crippen LogP contribution in [-0.4, -0.2) is 0 Å². The van der Waals surface area contributed by atoms with E-state index in [1.54, 1.807) is 0 Å². The molecule has 10 rings (SSSR count). The van der Waals surface area contributed by atoms with E-state index in [1.165, 1.54) is 76.8 Å². The number of hydrogen-bond acceptors (Lipinski definition) is 1. The highest BCUT2D eigenvalue weighted by Gasteiger charge is 2.22. The quantitative estimate of drug-likeness (QED) is 0.197. The molecule has 9 aromatic rings. The van der Waals surface area contributed by atoms with Gasteiger partial charge in [0, 0.05) is 10.8 Å². The monoisotopic (exact) mass is 544 g/mol. The van der Waals surface area contributed by atoms with Crippen LogP contribution >= 0.6 is 0 Å². The summed E-state index contributed by atoms with van der Waals surface area (Å²) in [4.78, 5) is 0. The van der Waals surface area contributed by atoms with Gasteiger partial charge in [0.05, 0.1) is 0 Å². The molecular weight excluding hydrogens is 520 g/mol. The molecule has 1 heterocycles. The van der Waals surface area contributed by atoms with Crippen LogP contribution in [0.2, 0.25) is 0 Å². The lowest BCUT2D eigenvalue weighted by atomic mass is 9.92. The molecule has 1 nitrogen and oxygen atoms in total. The maximum atomic E-state index is 6.48. The van der Waals surface area contributed by atoms with Gasteiger partial charge in [-0.15, -0.1) is 0 Å². The van der Waals surface area contributed by atoms with Crippen LogP contribution in [0.3, 0.4) is 0 Å². The SMILES string of the molecule is c1ccc2c(c1)-c1cccc3c(-c4ccc5oc6cc(-c7cc8ccccc8c8ccccc78)ccc6c5c4)ccc-2c13. The summed E-state index contributed by atoms with van der Waals surface area (Å²) in [5.41, 5.74) is 12.0. The van der Waals surface area contributed by atoms with Crippen molar-refractivity contribution in [2.24, 2.45) is 0 Å². The van der Waals surface area contributed by atoms with E-state index in [0.717, 1.165) is 21.9 Å². The summed E-state index contributed by atoms with van der Waals surface area (Å²) in [6, 6.07) is 53.0. The summed E-state index contributed by atoms with van der Waals surface area (Å²) >= 11 is 0. The first kappa shape index (κ1) is 23.0. The summed E-state index contributed by atoms with van der Waals surface area (Å²) < 4.78 is 6.48. The van der Waals surface area contributed by atoms with E-state index in [-0.39, 0.29) is 0 Å². The number of rotatable bonds is 2. The molecule has 0 atom stereocenters. The highest BCUT2D eigenvalue weighted by Crippen LogP contribution is 2.49. The van der Waals surface area contributed by atoms with Crippen molar-refractivity contribution in [2.75, 3.05) is 0 Å². The van der Waals surface area contributed by atoms with Gasteiger partial charge in [0.15, 0.2) is 0 Å². The van der Waals surface area contributed by atoms with Crippen LogP contribution in [0, 0.1) is 0 Å². The van der Waals surface area contributed by atoms with Crippen molar-refractivity contribution in [3.8, 4) is 44.5 Å². The van der Waals surface area contributed by atoms with Crippen molar-refractivity contribution in [3.05, 3.63) is 146 Å². The van der Waals surface area contributed by atoms with Gasteiger partial charge >= 0.3 is 0 Å². The molecule has 8 aromatic carbocycles. The van der Waals surface area contributed by atoms with Crippen LogP contribution in [-0.2, 0) is 0 Å². The van der Waals surface area contributed by atoms with Crippen LogP contribution in [0.5, 0.6) is 0 Å². The zero-order chi connectivity index (χ0) is 28.1. The van der Waals surface area contributed by atoms with E-state index >= 15 is 0 Å². The average Bonchev–Trinajstić information content (AvgIpc) is 3.60. The molecule has 1 aliphatic carbocycles. The Morgan fingerprint density at radius 3 is 1.84 bits per heavy atom. The smallest absolute Gasteiger partial charge is 0.136 e. The van der Waals surface area contributed by atoms with E-state index in [0.29, 0.717) is 0 Å². The van der Waals surface area contributed by atoms with Gasteiger partial charge in [0.1, 0.15) is 11.2 Å². The first-order valence-electron chi connectivity index (χ1n) is 14.8. The van der Waals surface area contributed by atoms with E-state index in [9.17, 15) is 0 Å². The minimum atomic E-state index is 0.914. The molecule has 0 radical (unpaired) electrons. The molecule has 1 heteroatoms. The van der Waals surface area contributed by atoms with Crippen molar-refractivity contribution in [2.45, 2.75) is 0 Å². The second kappa shape index (κ2) is 8.44. The first-order chi connectivity index (χ1) is 21.3. The predicted molar refractivity (Wildman–Crippen MR) is 182 cm³/mol. The Bertz CT molecular complexity index is 2590. The third-order valence-corrected chi connectivity index (χ3v) is 9.41. The van der Waals surface area contributed by atoms with Crippen LogP contribution in [0.15, 0.2) is 150 Å². The number of hydrogen-bond donors (Lipinski definition) is 0. The molecule has 0 spiro atoms. The van der Waals surface area contributed by atoms with Crippen LogP contribution in [0.1, 0.15) is 0 Å². The molecule has 198 valence electrons. The number of furan rings is 1. The molecule has 0 bridgehead atoms. The lowest BCUT2D eigenvalue weighted by molar-refractivity contribution is 0.669. The Hall–Kier alpha value is -5.66. The Kier molecular flexibility index (Phi) is 4.51. The highest BCUT2D eigenvalue weighted by molar-refractivity contribution is 6.19. The summed E-state index contributed by atoms with van der Waals surface area (Å²) in [5.74, 6) is 0. The van der Waals surface area contributed by atoms with Crippen LogP contribution < -0.4 is 0 Å². The zero-order valence-corrected chi connectivity index (χ0v) is 23.3. The first-order valence-corrected chi connectivity index (χ1v) is 14.8. The second-order valence-electron chi connectivity index (χ2n) is 11.6. The van der Waals surface area contributed by atoms with Crippen molar-refractivity contribution < 1.29 is 4.42 Å². The van der Waals surface area contributed by atoms with Crippen LogP contribution in [0.4, 0.5) is 0 Å². The van der Waals surface area contributed by atoms with Gasteiger partial charge in [0.2, 0.25) is 0 Å². The minimum absolute atomic E-state index is 0.914. The Morgan fingerprint density at radius 1 is 0.302 bits per heavy atom. The number of fused-ring (bicyclic) bond motifs is 9. The standard InChI is InChI=1S/C42H24O/c1-2-9-28-25(8-1)22-38(33-13-6-3-10-30(28)33)27-16-18-34-39-23-26(17-21-40(39)43-41(34)24-27)29-19-20-37-32-12-5-4-11-31(32)36-15-7-14-35(29)42(36)37/h1-24H. The van der Waals surface area contributed by atoms with Crippen LogP contribution in [0.25, 0.3) is 98.8 Å². The fourth-order valence-electron chi connectivity index (χ4n) is 7.47. The molecule has 0 saturated heterocycles. The molecule has 0 N–H and O–H groups in total. The lowest BCUT2D eigenvalue weighted by Crippen LogP contribution is -1.84. The fraction of sp³-hybridized carbons (Fsp3) is 0. The van der Waals surface area contributed by atoms with Gasteiger partial charge in [-0.05, 0) is 107 Å². The largest absolute Gasteiger partial charge is 0.456 e. The summed E-state index contributed by atoms with van der Waals surface area (Å²) in [5, 5.41) is 10.0. The van der Waals surface area contributed by atoms with Gasteiger partial charge < -0.3 is 4.42 Å². The lowest BCUT2D eigenvalue weighted by Gasteiger charge is -2.11. The fourth-order valence-corrected chi connectivity index (χ4v) is 7.47. The van der Waals surface area contributed by atoms with E-state index in [4.69, 9.17) is 4.42 Å². The van der Waals surface area contributed by atoms with Gasteiger partial charge in [-0.1, -0.05) is 115 Å². The van der Waals surface area contributed by atoms with Gasteiger partial charge in [0.25, 0.3) is 0 Å². The molecule has 0 amide bonds. The summed E-state index contributed by atoms with van der Waals surface area (Å²) in [7, 11) is 0. The molecule has 0 saturated carbocycles. The molecule has 0 aliphatic heterocycles. The Balaban J connectivity index is 1.15. The van der Waals surface area contributed by atoms with Crippen molar-refractivity contribution in [1.29, 1.82) is 0 Å². The molecular formula is C42H24O. The predicted octanol–water partition coefficient (Wildman–Crippen LogP) is 12.0. The molecule has 1 aliphatic rings. The van der Waals surface area contributed by atoms with Gasteiger partial charge in [-0.25, -0.2) is 0 Å². The van der Waals surface area contributed by atoms with E-state index in [2.05, 4.69) is 146 Å². The van der Waals surface area contributed by atoms with E-state index in [1.807, 2.05) is 0 Å². The third-order valence-electron chi connectivity index (χ3n) is 9.41. The number of benzene rings is 8. The summed E-state index contributed by atoms with van der Waals surface area (Å²) in [6.07, 6.45) is 0. The molecule has 43 heavy (non-hydrogen) atoms. The normalized spacial score (nSPS) is 12.2. The van der Waals surface area contributed by atoms with Gasteiger partial charge in [-0.2, -0.15) is 0 Å². The maximum Gasteiger partial charge on any atom is 0.136 e. The average molecular weight is 545 g/mol. The van der Waals surface area contributed by atoms with Crippen molar-refractivity contribution in [3.63, 3.8) is 0 Å². The molecule has 1 aromatic heterocycles. The highest BCUT2D eigenvalue weighted by atomic mass is 16.3. The summed E-state index contributed by atoms with van der Waals surface area (Å²) in [6.45, 7) is 0. The van der Waals surface area contributed by atoms with E-state index < -0.39 is 0 Å². The third kappa shape index (κ3) is 3.17. The topological polar surface area (TPSA) is 13.1 Å². The Labute approximate surface area is 248 Å². The molecule has 0 fully saturated rings. The second-order valence-corrected chi connectivity index (χ2v) is 11.6. The van der Waals surface area contributed by atoms with Gasteiger partial charge in [-0.3, -0.25) is 0 Å². The Morgan fingerprint density at radius 2 is 0.953 bits per heavy atom. The van der Waals surface area contributed by atoms with Crippen molar-refractivity contribution >= 4 is 54.3 Å². The maximum absolute atomic E-state index is 6.48. The minimum Gasteiger partial charge on any atom is -0.456 e. The molecule has 0 unspecified atom stereocenters. The zero-order valence-electron chi connectivity index (χ0n) is 23.3.